The van der Waals surface area contributed by atoms with Crippen molar-refractivity contribution in [3.63, 3.8) is 0 Å². The third kappa shape index (κ3) is 3.93. The number of piperazine rings is 1. The largest absolute Gasteiger partial charge is 0.507 e. The average Bonchev–Trinajstić information content (AvgIpc) is 2.51. The van der Waals surface area contributed by atoms with E-state index in [2.05, 4.69) is 24.1 Å². The van der Waals surface area contributed by atoms with Gasteiger partial charge in [0, 0.05) is 38.3 Å². The molecule has 0 bridgehead atoms. The zero-order valence-electron chi connectivity index (χ0n) is 15.1. The molecule has 1 fully saturated rings. The molecule has 0 aromatic heterocycles. The smallest absolute Gasteiger partial charge is 0.127 e. The number of phenols is 1. The standard InChI is InChI=1S/C18H28N2O2.2ClH/c1-12-13(2)17-15(14(3)16(12)21)5-6-18(4,22-17)11-20-9-7-19-8-10-20;;/h19,21H,5-11H2,1-4H3;2*1H. The van der Waals surface area contributed by atoms with Gasteiger partial charge < -0.3 is 15.2 Å². The number of benzene rings is 1. The number of ether oxygens (including phenoxy) is 1. The van der Waals surface area contributed by atoms with Gasteiger partial charge in [0.1, 0.15) is 17.1 Å². The van der Waals surface area contributed by atoms with Gasteiger partial charge in [-0.15, -0.1) is 24.8 Å². The Labute approximate surface area is 157 Å². The first-order chi connectivity index (χ1) is 10.4. The van der Waals surface area contributed by atoms with E-state index in [-0.39, 0.29) is 30.4 Å². The second-order valence-electron chi connectivity index (χ2n) is 7.11. The number of phenolic OH excluding ortho intramolecular Hbond substituents is 1. The lowest BCUT2D eigenvalue weighted by atomic mass is 9.87. The highest BCUT2D eigenvalue weighted by molar-refractivity contribution is 5.85. The van der Waals surface area contributed by atoms with Crippen LogP contribution in [0, 0.1) is 20.8 Å². The van der Waals surface area contributed by atoms with Crippen LogP contribution < -0.4 is 10.1 Å². The minimum Gasteiger partial charge on any atom is -0.507 e. The quantitative estimate of drug-likeness (QED) is 0.831. The van der Waals surface area contributed by atoms with Crippen LogP contribution in [0.2, 0.25) is 0 Å². The summed E-state index contributed by atoms with van der Waals surface area (Å²) < 4.78 is 6.50. The summed E-state index contributed by atoms with van der Waals surface area (Å²) in [6.45, 7) is 13.6. The first-order valence-corrected chi connectivity index (χ1v) is 8.35. The first kappa shape index (κ1) is 21.4. The Morgan fingerprint density at radius 3 is 2.33 bits per heavy atom. The summed E-state index contributed by atoms with van der Waals surface area (Å²) in [5, 5.41) is 13.7. The molecule has 4 nitrogen and oxygen atoms in total. The molecule has 6 heteroatoms. The molecule has 0 amide bonds. The van der Waals surface area contributed by atoms with Gasteiger partial charge in [-0.2, -0.15) is 0 Å². The first-order valence-electron chi connectivity index (χ1n) is 8.35. The predicted octanol–water partition coefficient (Wildman–Crippen LogP) is 3.15. The monoisotopic (exact) mass is 376 g/mol. The van der Waals surface area contributed by atoms with Crippen LogP contribution in [-0.2, 0) is 6.42 Å². The molecule has 1 atom stereocenters. The van der Waals surface area contributed by atoms with E-state index in [1.165, 1.54) is 5.56 Å². The molecule has 2 heterocycles. The molecule has 2 N–H and O–H groups in total. The van der Waals surface area contributed by atoms with E-state index in [9.17, 15) is 5.11 Å². The topological polar surface area (TPSA) is 44.7 Å². The third-order valence-electron chi connectivity index (χ3n) is 5.36. The van der Waals surface area contributed by atoms with E-state index in [1.54, 1.807) is 0 Å². The van der Waals surface area contributed by atoms with E-state index in [1.807, 2.05) is 13.8 Å². The molecule has 1 unspecified atom stereocenters. The number of aromatic hydroxyl groups is 1. The van der Waals surface area contributed by atoms with Gasteiger partial charge in [0.25, 0.3) is 0 Å². The number of hydrogen-bond acceptors (Lipinski definition) is 4. The SMILES string of the molecule is Cc1c(C)c2c(c(C)c1O)CCC(C)(CN1CCNCC1)O2.Cl.Cl. The van der Waals surface area contributed by atoms with E-state index < -0.39 is 0 Å². The van der Waals surface area contributed by atoms with Crippen molar-refractivity contribution in [1.29, 1.82) is 0 Å². The summed E-state index contributed by atoms with van der Waals surface area (Å²) in [7, 11) is 0. The number of fused-ring (bicyclic) bond motifs is 1. The summed E-state index contributed by atoms with van der Waals surface area (Å²) in [6, 6.07) is 0. The van der Waals surface area contributed by atoms with Crippen LogP contribution >= 0.6 is 24.8 Å². The maximum absolute atomic E-state index is 10.3. The Morgan fingerprint density at radius 2 is 1.71 bits per heavy atom. The van der Waals surface area contributed by atoms with Crippen LogP contribution in [0.25, 0.3) is 0 Å². The Kier molecular flexibility index (Phi) is 7.24. The zero-order chi connectivity index (χ0) is 15.9. The molecule has 1 aromatic rings. The molecule has 2 aliphatic heterocycles. The van der Waals surface area contributed by atoms with E-state index in [0.717, 1.165) is 68.0 Å². The molecule has 3 rings (SSSR count). The predicted molar refractivity (Wildman–Crippen MR) is 103 cm³/mol. The highest BCUT2D eigenvalue weighted by atomic mass is 35.5. The van der Waals surface area contributed by atoms with Gasteiger partial charge in [-0.05, 0) is 57.2 Å². The van der Waals surface area contributed by atoms with Gasteiger partial charge in [-0.25, -0.2) is 0 Å². The lowest BCUT2D eigenvalue weighted by Gasteiger charge is -2.41. The Bertz CT molecular complexity index is 589. The maximum Gasteiger partial charge on any atom is 0.127 e. The average molecular weight is 377 g/mol. The van der Waals surface area contributed by atoms with Gasteiger partial charge in [0.2, 0.25) is 0 Å². The summed E-state index contributed by atoms with van der Waals surface area (Å²) in [6.07, 6.45) is 1.99. The summed E-state index contributed by atoms with van der Waals surface area (Å²) >= 11 is 0. The van der Waals surface area contributed by atoms with E-state index in [0.29, 0.717) is 5.75 Å². The Hall–Kier alpha value is -0.680. The number of nitrogens with one attached hydrogen (secondary N) is 1. The van der Waals surface area contributed by atoms with E-state index >= 15 is 0 Å². The Balaban J connectivity index is 0.00000144. The highest BCUT2D eigenvalue weighted by Crippen LogP contribution is 2.43. The fraction of sp³-hybridized carbons (Fsp3) is 0.667. The van der Waals surface area contributed by atoms with Crippen LogP contribution in [0.1, 0.15) is 35.6 Å². The lowest BCUT2D eigenvalue weighted by Crippen LogP contribution is -2.52. The van der Waals surface area contributed by atoms with Crippen LogP contribution in [-0.4, -0.2) is 48.3 Å². The van der Waals surface area contributed by atoms with Gasteiger partial charge in [0.05, 0.1) is 0 Å². The molecule has 1 saturated heterocycles. The van der Waals surface area contributed by atoms with Crippen LogP contribution in [0.15, 0.2) is 0 Å². The van der Waals surface area contributed by atoms with Crippen molar-refractivity contribution in [2.45, 2.75) is 46.1 Å². The molecule has 0 aliphatic carbocycles. The number of halogens is 2. The lowest BCUT2D eigenvalue weighted by molar-refractivity contribution is 0.0209. The fourth-order valence-electron chi connectivity index (χ4n) is 3.75. The molecule has 24 heavy (non-hydrogen) atoms. The van der Waals surface area contributed by atoms with Crippen molar-refractivity contribution in [2.24, 2.45) is 0 Å². The fourth-order valence-corrected chi connectivity index (χ4v) is 3.75. The molecule has 0 spiro atoms. The minimum atomic E-state index is -0.134. The van der Waals surface area contributed by atoms with Crippen LogP contribution in [0.4, 0.5) is 0 Å². The van der Waals surface area contributed by atoms with Gasteiger partial charge in [-0.3, -0.25) is 4.90 Å². The van der Waals surface area contributed by atoms with Gasteiger partial charge >= 0.3 is 0 Å². The Morgan fingerprint density at radius 1 is 1.08 bits per heavy atom. The highest BCUT2D eigenvalue weighted by Gasteiger charge is 2.36. The molecule has 0 saturated carbocycles. The number of hydrogen-bond donors (Lipinski definition) is 2. The van der Waals surface area contributed by atoms with Crippen molar-refractivity contribution >= 4 is 24.8 Å². The van der Waals surface area contributed by atoms with Crippen LogP contribution in [0.5, 0.6) is 11.5 Å². The van der Waals surface area contributed by atoms with Crippen molar-refractivity contribution in [3.05, 3.63) is 22.3 Å². The minimum absolute atomic E-state index is 0. The van der Waals surface area contributed by atoms with Gasteiger partial charge in [-0.1, -0.05) is 0 Å². The number of nitrogens with zero attached hydrogens (tertiary/aromatic N) is 1. The second-order valence-corrected chi connectivity index (χ2v) is 7.11. The normalized spacial score (nSPS) is 23.5. The summed E-state index contributed by atoms with van der Waals surface area (Å²) in [4.78, 5) is 2.50. The number of rotatable bonds is 2. The van der Waals surface area contributed by atoms with Crippen molar-refractivity contribution < 1.29 is 9.84 Å². The van der Waals surface area contributed by atoms with Crippen molar-refractivity contribution in [1.82, 2.24) is 10.2 Å². The third-order valence-corrected chi connectivity index (χ3v) is 5.36. The van der Waals surface area contributed by atoms with Crippen molar-refractivity contribution in [3.8, 4) is 11.5 Å². The summed E-state index contributed by atoms with van der Waals surface area (Å²) in [5.74, 6) is 1.45. The summed E-state index contributed by atoms with van der Waals surface area (Å²) in [5.41, 5.74) is 4.08. The molecular weight excluding hydrogens is 347 g/mol. The molecular formula is C18H30Cl2N2O2. The zero-order valence-corrected chi connectivity index (χ0v) is 16.7. The van der Waals surface area contributed by atoms with E-state index in [4.69, 9.17) is 4.74 Å². The van der Waals surface area contributed by atoms with Gasteiger partial charge in [0.15, 0.2) is 0 Å². The van der Waals surface area contributed by atoms with Crippen molar-refractivity contribution in [2.75, 3.05) is 32.7 Å². The van der Waals surface area contributed by atoms with Crippen LogP contribution in [0.3, 0.4) is 0 Å². The molecule has 138 valence electrons. The molecule has 2 aliphatic rings. The maximum atomic E-state index is 10.3. The molecule has 1 aromatic carbocycles. The molecule has 0 radical (unpaired) electrons. The second kappa shape index (κ2) is 8.13.